The van der Waals surface area contributed by atoms with Crippen LogP contribution in [0.2, 0.25) is 5.02 Å². The second-order valence-electron chi connectivity index (χ2n) is 6.77. The lowest BCUT2D eigenvalue weighted by Gasteiger charge is -2.20. The van der Waals surface area contributed by atoms with Gasteiger partial charge in [-0.05, 0) is 53.8 Å². The average Bonchev–Trinajstić information content (AvgIpc) is 2.72. The number of para-hydroxylation sites is 1. The molecule has 0 saturated carbocycles. The van der Waals surface area contributed by atoms with Crippen LogP contribution in [0.5, 0.6) is 11.5 Å². The summed E-state index contributed by atoms with van der Waals surface area (Å²) in [6, 6.07) is 16.5. The molecule has 0 spiro atoms. The third-order valence-corrected chi connectivity index (χ3v) is 5.04. The minimum absolute atomic E-state index is 0.102. The Morgan fingerprint density at radius 3 is 2.24 bits per heavy atom. The van der Waals surface area contributed by atoms with Crippen molar-refractivity contribution in [3.63, 3.8) is 0 Å². The van der Waals surface area contributed by atoms with Gasteiger partial charge >= 0.3 is 0 Å². The molecule has 0 radical (unpaired) electrons. The van der Waals surface area contributed by atoms with Crippen LogP contribution in [0.4, 0.5) is 5.69 Å². The van der Waals surface area contributed by atoms with Crippen LogP contribution in [-0.4, -0.2) is 10.2 Å². The predicted octanol–water partition coefficient (Wildman–Crippen LogP) is 6.49. The third kappa shape index (κ3) is 4.64. The van der Waals surface area contributed by atoms with E-state index in [1.54, 1.807) is 18.2 Å². The van der Waals surface area contributed by atoms with Crippen molar-refractivity contribution in [3.05, 3.63) is 102 Å². The maximum Gasteiger partial charge on any atom is 0.146 e. The van der Waals surface area contributed by atoms with Gasteiger partial charge in [0.1, 0.15) is 11.5 Å². The maximum absolute atomic E-state index is 11.1. The number of hydrogen-bond acceptors (Lipinski definition) is 3. The molecule has 3 nitrogen and oxygen atoms in total. The fourth-order valence-corrected chi connectivity index (χ4v) is 3.50. The molecule has 4 heteroatoms. The normalized spacial score (nSPS) is 10.5. The van der Waals surface area contributed by atoms with Crippen LogP contribution in [-0.2, 0) is 19.4 Å². The fourth-order valence-electron chi connectivity index (χ4n) is 3.37. The molecular formula is C25H24ClNO2. The van der Waals surface area contributed by atoms with Gasteiger partial charge in [-0.15, -0.1) is 13.2 Å². The maximum atomic E-state index is 11.1. The summed E-state index contributed by atoms with van der Waals surface area (Å²) in [6.45, 7) is 8.24. The third-order valence-electron chi connectivity index (χ3n) is 4.79. The molecule has 0 atom stereocenters. The van der Waals surface area contributed by atoms with Gasteiger partial charge in [-0.3, -0.25) is 0 Å². The zero-order chi connectivity index (χ0) is 20.8. The van der Waals surface area contributed by atoms with E-state index in [2.05, 4.69) is 18.5 Å². The number of phenols is 2. The van der Waals surface area contributed by atoms with Gasteiger partial charge in [0.05, 0.1) is 5.69 Å². The molecule has 0 amide bonds. The fraction of sp³-hybridized carbons (Fsp3) is 0.120. The number of halogens is 1. The second kappa shape index (κ2) is 9.35. The van der Waals surface area contributed by atoms with Crippen molar-refractivity contribution in [2.45, 2.75) is 19.4 Å². The Kier molecular flexibility index (Phi) is 6.63. The zero-order valence-corrected chi connectivity index (χ0v) is 16.9. The van der Waals surface area contributed by atoms with Crippen molar-refractivity contribution in [2.75, 3.05) is 5.32 Å². The van der Waals surface area contributed by atoms with Crippen molar-refractivity contribution in [1.29, 1.82) is 0 Å². The van der Waals surface area contributed by atoms with Gasteiger partial charge in [-0.1, -0.05) is 54.1 Å². The summed E-state index contributed by atoms with van der Waals surface area (Å²) in [5.74, 6) is 0.220. The van der Waals surface area contributed by atoms with Gasteiger partial charge < -0.3 is 15.5 Å². The minimum Gasteiger partial charge on any atom is -0.507 e. The molecule has 3 aromatic carbocycles. The van der Waals surface area contributed by atoms with Crippen LogP contribution in [0.1, 0.15) is 16.7 Å². The molecule has 148 valence electrons. The average molecular weight is 406 g/mol. The number of aromatic hydroxyl groups is 2. The van der Waals surface area contributed by atoms with E-state index in [0.29, 0.717) is 41.2 Å². The topological polar surface area (TPSA) is 52.5 Å². The molecule has 0 aromatic heterocycles. The van der Waals surface area contributed by atoms with E-state index in [9.17, 15) is 10.2 Å². The van der Waals surface area contributed by atoms with Crippen LogP contribution >= 0.6 is 11.6 Å². The first-order valence-corrected chi connectivity index (χ1v) is 9.79. The molecule has 3 rings (SSSR count). The molecule has 29 heavy (non-hydrogen) atoms. The number of hydrogen-bond donors (Lipinski definition) is 3. The van der Waals surface area contributed by atoms with Crippen molar-refractivity contribution >= 4 is 17.3 Å². The zero-order valence-electron chi connectivity index (χ0n) is 16.2. The first kappa shape index (κ1) is 20.6. The molecule has 0 bridgehead atoms. The second-order valence-corrected chi connectivity index (χ2v) is 7.20. The van der Waals surface area contributed by atoms with Crippen molar-refractivity contribution in [2.24, 2.45) is 0 Å². The standard InChI is InChI=1S/C25H24ClNO2/c1-3-7-18-15-22(21-9-5-6-10-23(21)28)25(29)24(20(18)8-4-2)27-16-17-11-13-19(26)14-12-17/h3-6,9-15,27-29H,1-2,7-8,16H2. The Balaban J connectivity index is 2.11. The highest BCUT2D eigenvalue weighted by molar-refractivity contribution is 6.30. The Bertz CT molecular complexity index is 1030. The number of allylic oxidation sites excluding steroid dienone is 2. The lowest BCUT2D eigenvalue weighted by atomic mass is 9.92. The largest absolute Gasteiger partial charge is 0.507 e. The highest BCUT2D eigenvalue weighted by Gasteiger charge is 2.19. The molecule has 3 aromatic rings. The van der Waals surface area contributed by atoms with Crippen molar-refractivity contribution in [1.82, 2.24) is 0 Å². The first-order valence-electron chi connectivity index (χ1n) is 9.41. The molecule has 0 heterocycles. The van der Waals surface area contributed by atoms with Gasteiger partial charge in [-0.25, -0.2) is 0 Å². The number of phenolic OH excluding ortho intramolecular Hbond substituents is 2. The predicted molar refractivity (Wildman–Crippen MR) is 122 cm³/mol. The van der Waals surface area contributed by atoms with Gasteiger partial charge in [0.2, 0.25) is 0 Å². The van der Waals surface area contributed by atoms with Crippen LogP contribution < -0.4 is 5.32 Å². The smallest absolute Gasteiger partial charge is 0.146 e. The van der Waals surface area contributed by atoms with E-state index in [1.807, 2.05) is 48.6 Å². The number of nitrogens with one attached hydrogen (secondary N) is 1. The summed E-state index contributed by atoms with van der Waals surface area (Å²) in [5, 5.41) is 25.5. The minimum atomic E-state index is 0.102. The Morgan fingerprint density at radius 1 is 0.897 bits per heavy atom. The van der Waals surface area contributed by atoms with E-state index in [0.717, 1.165) is 16.7 Å². The van der Waals surface area contributed by atoms with Crippen LogP contribution in [0.25, 0.3) is 11.1 Å². The molecule has 0 aliphatic heterocycles. The lowest BCUT2D eigenvalue weighted by molar-refractivity contribution is 0.469. The van der Waals surface area contributed by atoms with Gasteiger partial charge in [-0.2, -0.15) is 0 Å². The van der Waals surface area contributed by atoms with Crippen molar-refractivity contribution in [3.8, 4) is 22.6 Å². The van der Waals surface area contributed by atoms with E-state index < -0.39 is 0 Å². The van der Waals surface area contributed by atoms with Crippen LogP contribution in [0.15, 0.2) is 79.9 Å². The van der Waals surface area contributed by atoms with E-state index >= 15 is 0 Å². The first-order chi connectivity index (χ1) is 14.0. The molecule has 0 unspecified atom stereocenters. The van der Waals surface area contributed by atoms with Crippen LogP contribution in [0.3, 0.4) is 0 Å². The van der Waals surface area contributed by atoms with Crippen molar-refractivity contribution < 1.29 is 10.2 Å². The van der Waals surface area contributed by atoms with E-state index in [1.165, 1.54) is 0 Å². The highest BCUT2D eigenvalue weighted by atomic mass is 35.5. The Labute approximate surface area is 176 Å². The Hall–Kier alpha value is -3.17. The molecule has 3 N–H and O–H groups in total. The SMILES string of the molecule is C=CCc1cc(-c2ccccc2O)c(O)c(NCc2ccc(Cl)cc2)c1CC=C. The van der Waals surface area contributed by atoms with Gasteiger partial charge in [0.25, 0.3) is 0 Å². The van der Waals surface area contributed by atoms with E-state index in [-0.39, 0.29) is 11.5 Å². The van der Waals surface area contributed by atoms with Crippen LogP contribution in [0, 0.1) is 0 Å². The molecule has 0 fully saturated rings. The summed E-state index contributed by atoms with van der Waals surface area (Å²) in [5.41, 5.74) is 4.82. The number of benzene rings is 3. The summed E-state index contributed by atoms with van der Waals surface area (Å²) in [6.07, 6.45) is 4.88. The van der Waals surface area contributed by atoms with E-state index in [4.69, 9.17) is 11.6 Å². The summed E-state index contributed by atoms with van der Waals surface area (Å²) in [4.78, 5) is 0. The summed E-state index contributed by atoms with van der Waals surface area (Å²) in [7, 11) is 0. The summed E-state index contributed by atoms with van der Waals surface area (Å²) >= 11 is 5.97. The number of anilines is 1. The highest BCUT2D eigenvalue weighted by Crippen LogP contribution is 2.43. The molecular weight excluding hydrogens is 382 g/mol. The summed E-state index contributed by atoms with van der Waals surface area (Å²) < 4.78 is 0. The van der Waals surface area contributed by atoms with Gasteiger partial charge in [0.15, 0.2) is 0 Å². The molecule has 0 saturated heterocycles. The molecule has 0 aliphatic carbocycles. The molecule has 0 aliphatic rings. The quantitative estimate of drug-likeness (QED) is 0.296. The van der Waals surface area contributed by atoms with Gasteiger partial charge in [0, 0.05) is 22.7 Å². The number of rotatable bonds is 8. The monoisotopic (exact) mass is 405 g/mol. The Morgan fingerprint density at radius 2 is 1.59 bits per heavy atom. The lowest BCUT2D eigenvalue weighted by Crippen LogP contribution is -2.06.